The van der Waals surface area contributed by atoms with E-state index in [0.29, 0.717) is 36.1 Å². The van der Waals surface area contributed by atoms with Gasteiger partial charge in [-0.3, -0.25) is 0 Å². The van der Waals surface area contributed by atoms with Crippen molar-refractivity contribution in [2.24, 2.45) is 0 Å². The molecule has 1 aromatic carbocycles. The number of carbonyl (C=O) groups excluding carboxylic acids is 1. The zero-order valence-electron chi connectivity index (χ0n) is 11.6. The van der Waals surface area contributed by atoms with E-state index < -0.39 is 5.41 Å². The van der Waals surface area contributed by atoms with Gasteiger partial charge in [-0.15, -0.1) is 0 Å². The third-order valence-electron chi connectivity index (χ3n) is 4.00. The van der Waals surface area contributed by atoms with Crippen molar-refractivity contribution >= 4 is 22.2 Å². The normalized spacial score (nSPS) is 19.6. The van der Waals surface area contributed by atoms with Crippen LogP contribution in [0.15, 0.2) is 16.6 Å². The molecule has 0 spiro atoms. The Bertz CT molecular complexity index is 498. The van der Waals surface area contributed by atoms with Gasteiger partial charge >= 0.3 is 0 Å². The summed E-state index contributed by atoms with van der Waals surface area (Å²) in [5.41, 5.74) is 0.852. The minimum Gasteiger partial charge on any atom is -0.381 e. The fraction of sp³-hybridized carbons (Fsp3) is 0.533. The van der Waals surface area contributed by atoms with Crippen LogP contribution in [0.25, 0.3) is 0 Å². The van der Waals surface area contributed by atoms with Crippen molar-refractivity contribution in [2.45, 2.75) is 31.3 Å². The van der Waals surface area contributed by atoms with Crippen molar-refractivity contribution in [3.05, 3.63) is 33.5 Å². The fourth-order valence-electron chi connectivity index (χ4n) is 2.71. The molecular weight excluding hydrogens is 327 g/mol. The third kappa shape index (κ3) is 2.80. The van der Waals surface area contributed by atoms with Gasteiger partial charge in [0.2, 0.25) is 0 Å². The molecule has 20 heavy (non-hydrogen) atoms. The number of ether oxygens (including phenoxy) is 2. The summed E-state index contributed by atoms with van der Waals surface area (Å²) in [7, 11) is 1.60. The summed E-state index contributed by atoms with van der Waals surface area (Å²) >= 11 is 3.39. The first-order chi connectivity index (χ1) is 9.54. The summed E-state index contributed by atoms with van der Waals surface area (Å²) in [5.74, 6) is -0.355. The Hall–Kier alpha value is -0.780. The zero-order valence-corrected chi connectivity index (χ0v) is 13.2. The van der Waals surface area contributed by atoms with Gasteiger partial charge in [-0.1, -0.05) is 15.9 Å². The molecule has 1 heterocycles. The van der Waals surface area contributed by atoms with Crippen molar-refractivity contribution in [3.8, 4) is 0 Å². The molecule has 1 fully saturated rings. The van der Waals surface area contributed by atoms with Crippen molar-refractivity contribution in [2.75, 3.05) is 20.3 Å². The first-order valence-electron chi connectivity index (χ1n) is 6.60. The summed E-state index contributed by atoms with van der Waals surface area (Å²) < 4.78 is 25.2. The molecule has 110 valence electrons. The summed E-state index contributed by atoms with van der Waals surface area (Å²) in [6, 6.07) is 2.86. The molecule has 5 heteroatoms. The maximum absolute atomic E-state index is 13.8. The molecule has 0 aromatic heterocycles. The maximum atomic E-state index is 13.8. The SMILES string of the molecule is COC(C)c1c(Br)cc(F)cc1C1(C=O)CCOCC1. The lowest BCUT2D eigenvalue weighted by molar-refractivity contribution is -0.116. The van der Waals surface area contributed by atoms with Gasteiger partial charge in [0.25, 0.3) is 0 Å². The van der Waals surface area contributed by atoms with Crippen LogP contribution in [0.4, 0.5) is 4.39 Å². The lowest BCUT2D eigenvalue weighted by atomic mass is 9.73. The van der Waals surface area contributed by atoms with Gasteiger partial charge in [-0.05, 0) is 43.0 Å². The van der Waals surface area contributed by atoms with Gasteiger partial charge in [0.05, 0.1) is 11.5 Å². The Morgan fingerprint density at radius 1 is 1.45 bits per heavy atom. The lowest BCUT2D eigenvalue weighted by Crippen LogP contribution is -2.36. The van der Waals surface area contributed by atoms with Gasteiger partial charge in [0, 0.05) is 24.8 Å². The van der Waals surface area contributed by atoms with Crippen LogP contribution in [0.3, 0.4) is 0 Å². The molecule has 0 N–H and O–H groups in total. The zero-order chi connectivity index (χ0) is 14.8. The quantitative estimate of drug-likeness (QED) is 0.783. The molecule has 1 aromatic rings. The Balaban J connectivity index is 2.61. The summed E-state index contributed by atoms with van der Waals surface area (Å²) in [6.07, 6.45) is 1.84. The predicted octanol–water partition coefficient (Wildman–Crippen LogP) is 3.54. The highest BCUT2D eigenvalue weighted by Gasteiger charge is 2.38. The molecule has 0 saturated carbocycles. The van der Waals surface area contributed by atoms with E-state index in [2.05, 4.69) is 15.9 Å². The second-order valence-electron chi connectivity index (χ2n) is 5.11. The molecule has 1 aliphatic heterocycles. The van der Waals surface area contributed by atoms with E-state index in [1.54, 1.807) is 7.11 Å². The number of hydrogen-bond acceptors (Lipinski definition) is 3. The van der Waals surface area contributed by atoms with Crippen LogP contribution in [0.2, 0.25) is 0 Å². The molecule has 1 atom stereocenters. The van der Waals surface area contributed by atoms with E-state index in [0.717, 1.165) is 11.8 Å². The number of halogens is 2. The van der Waals surface area contributed by atoms with E-state index >= 15 is 0 Å². The largest absolute Gasteiger partial charge is 0.381 e. The Labute approximate surface area is 126 Å². The Kier molecular flexibility index (Phi) is 4.94. The monoisotopic (exact) mass is 344 g/mol. The van der Waals surface area contributed by atoms with Crippen LogP contribution in [0.1, 0.15) is 37.0 Å². The number of benzene rings is 1. The molecular formula is C15H18BrFO3. The van der Waals surface area contributed by atoms with Crippen LogP contribution in [-0.2, 0) is 19.7 Å². The average molecular weight is 345 g/mol. The lowest BCUT2D eigenvalue weighted by Gasteiger charge is -2.35. The molecule has 3 nitrogen and oxygen atoms in total. The van der Waals surface area contributed by atoms with Crippen LogP contribution in [0.5, 0.6) is 0 Å². The minimum atomic E-state index is -0.689. The molecule has 0 aliphatic carbocycles. The maximum Gasteiger partial charge on any atom is 0.130 e. The molecule has 0 amide bonds. The molecule has 0 bridgehead atoms. The second kappa shape index (κ2) is 6.33. The summed E-state index contributed by atoms with van der Waals surface area (Å²) in [5, 5.41) is 0. The van der Waals surface area contributed by atoms with Crippen LogP contribution in [0, 0.1) is 5.82 Å². The highest BCUT2D eigenvalue weighted by molar-refractivity contribution is 9.10. The van der Waals surface area contributed by atoms with E-state index in [-0.39, 0.29) is 11.9 Å². The molecule has 2 rings (SSSR count). The van der Waals surface area contributed by atoms with Crippen molar-refractivity contribution in [1.29, 1.82) is 0 Å². The highest BCUT2D eigenvalue weighted by Crippen LogP contribution is 2.41. The number of aldehydes is 1. The molecule has 1 unspecified atom stereocenters. The second-order valence-corrected chi connectivity index (χ2v) is 5.97. The van der Waals surface area contributed by atoms with Crippen molar-refractivity contribution in [3.63, 3.8) is 0 Å². The van der Waals surface area contributed by atoms with Gasteiger partial charge in [-0.2, -0.15) is 0 Å². The van der Waals surface area contributed by atoms with E-state index in [1.807, 2.05) is 6.92 Å². The van der Waals surface area contributed by atoms with Gasteiger partial charge in [-0.25, -0.2) is 4.39 Å². The topological polar surface area (TPSA) is 35.5 Å². The van der Waals surface area contributed by atoms with E-state index in [9.17, 15) is 9.18 Å². The van der Waals surface area contributed by atoms with Crippen molar-refractivity contribution in [1.82, 2.24) is 0 Å². The van der Waals surface area contributed by atoms with Gasteiger partial charge < -0.3 is 14.3 Å². The number of carbonyl (C=O) groups is 1. The van der Waals surface area contributed by atoms with Crippen LogP contribution >= 0.6 is 15.9 Å². The fourth-order valence-corrected chi connectivity index (χ4v) is 3.47. The number of methoxy groups -OCH3 is 1. The summed E-state index contributed by atoms with van der Waals surface area (Å²) in [4.78, 5) is 11.7. The Morgan fingerprint density at radius 2 is 2.10 bits per heavy atom. The average Bonchev–Trinajstić information content (AvgIpc) is 2.46. The molecule has 0 radical (unpaired) electrons. The van der Waals surface area contributed by atoms with Gasteiger partial charge in [0.15, 0.2) is 0 Å². The smallest absolute Gasteiger partial charge is 0.130 e. The van der Waals surface area contributed by atoms with Gasteiger partial charge in [0.1, 0.15) is 12.1 Å². The third-order valence-corrected chi connectivity index (χ3v) is 4.66. The molecule has 1 aliphatic rings. The molecule has 1 saturated heterocycles. The number of rotatable bonds is 4. The number of hydrogen-bond donors (Lipinski definition) is 0. The van der Waals surface area contributed by atoms with Crippen LogP contribution in [-0.4, -0.2) is 26.6 Å². The Morgan fingerprint density at radius 3 is 2.65 bits per heavy atom. The predicted molar refractivity (Wildman–Crippen MR) is 77.3 cm³/mol. The van der Waals surface area contributed by atoms with E-state index in [4.69, 9.17) is 9.47 Å². The first-order valence-corrected chi connectivity index (χ1v) is 7.39. The summed E-state index contributed by atoms with van der Waals surface area (Å²) in [6.45, 7) is 2.90. The standard InChI is InChI=1S/C15H18BrFO3/c1-10(19-2)14-12(7-11(17)8-13(14)16)15(9-18)3-5-20-6-4-15/h7-10H,3-6H2,1-2H3. The van der Waals surface area contributed by atoms with E-state index in [1.165, 1.54) is 12.1 Å². The van der Waals surface area contributed by atoms with Crippen LogP contribution < -0.4 is 0 Å². The van der Waals surface area contributed by atoms with Crippen molar-refractivity contribution < 1.29 is 18.7 Å². The highest BCUT2D eigenvalue weighted by atomic mass is 79.9. The minimum absolute atomic E-state index is 0.223. The first kappa shape index (κ1) is 15.6.